The maximum absolute atomic E-state index is 13.3. The number of amides is 3. The van der Waals surface area contributed by atoms with Gasteiger partial charge in [-0.25, -0.2) is 14.8 Å². The molecule has 7 rings (SSSR count). The van der Waals surface area contributed by atoms with Gasteiger partial charge in [0.25, 0.3) is 17.7 Å². The summed E-state index contributed by atoms with van der Waals surface area (Å²) in [5.41, 5.74) is 10.6. The fourth-order valence-corrected chi connectivity index (χ4v) is 8.83. The third-order valence-electron chi connectivity index (χ3n) is 8.94. The van der Waals surface area contributed by atoms with E-state index in [1.165, 1.54) is 23.8 Å². The summed E-state index contributed by atoms with van der Waals surface area (Å²) in [5.74, 6) is -1.31. The van der Waals surface area contributed by atoms with Crippen molar-refractivity contribution in [3.8, 4) is 0 Å². The monoisotopic (exact) mass is 741 g/mol. The van der Waals surface area contributed by atoms with Crippen molar-refractivity contribution in [3.63, 3.8) is 0 Å². The van der Waals surface area contributed by atoms with Crippen LogP contribution in [0.5, 0.6) is 0 Å². The smallest absolute Gasteiger partial charge is 0.352 e. The van der Waals surface area contributed by atoms with Crippen LogP contribution in [0.2, 0.25) is 4.34 Å². The number of β-lactam (4-membered cyclic amide) rings is 1. The molecule has 3 amide bonds. The number of hydrogen-bond donors (Lipinski definition) is 4. The summed E-state index contributed by atoms with van der Waals surface area (Å²) in [6.45, 7) is 4.11. The van der Waals surface area contributed by atoms with Crippen LogP contribution in [-0.4, -0.2) is 98.0 Å². The molecule has 3 aromatic rings. The number of anilines is 2. The Morgan fingerprint density at radius 2 is 1.92 bits per heavy atom. The minimum Gasteiger partial charge on any atom is -0.477 e. The van der Waals surface area contributed by atoms with Crippen molar-refractivity contribution < 1.29 is 33.8 Å². The van der Waals surface area contributed by atoms with Crippen molar-refractivity contribution in [3.05, 3.63) is 69.0 Å². The summed E-state index contributed by atoms with van der Waals surface area (Å²) in [6, 6.07) is 8.62. The Morgan fingerprint density at radius 3 is 2.60 bits per heavy atom. The van der Waals surface area contributed by atoms with Crippen LogP contribution in [0.3, 0.4) is 0 Å². The van der Waals surface area contributed by atoms with E-state index in [9.17, 15) is 24.3 Å². The molecule has 6 heterocycles. The quantitative estimate of drug-likeness (QED) is 0.0950. The molecule has 1 aromatic carbocycles. The molecule has 19 heteroatoms. The second-order valence-corrected chi connectivity index (χ2v) is 14.8. The Kier molecular flexibility index (Phi) is 9.42. The second kappa shape index (κ2) is 13.9. The van der Waals surface area contributed by atoms with Crippen LogP contribution in [0, 0.1) is 0 Å². The van der Waals surface area contributed by atoms with Crippen molar-refractivity contribution in [2.75, 3.05) is 43.1 Å². The van der Waals surface area contributed by atoms with Crippen molar-refractivity contribution in [2.45, 2.75) is 43.9 Å². The van der Waals surface area contributed by atoms with Gasteiger partial charge in [0.1, 0.15) is 34.3 Å². The van der Waals surface area contributed by atoms with Crippen molar-refractivity contribution >= 4 is 75.1 Å². The predicted molar refractivity (Wildman–Crippen MR) is 185 cm³/mol. The Bertz CT molecular complexity index is 1920. The number of nitrogen functional groups attached to an aromatic ring is 1. The number of rotatable bonds is 11. The van der Waals surface area contributed by atoms with Crippen LogP contribution in [0.4, 0.5) is 10.9 Å². The van der Waals surface area contributed by atoms with E-state index in [-0.39, 0.29) is 39.0 Å². The summed E-state index contributed by atoms with van der Waals surface area (Å²) in [7, 11) is 1.25. The third kappa shape index (κ3) is 6.38. The standard InChI is InChI=1S/C31H33ClN10O6S2/c1-48-37-22(21-25(32)50-31(33)35-21)27(44)34-23-28(45)42-24(30(46)47)19(16-49-29(23)42)15-40-11-8-20-38(12-13-41(20)40)14-17-4-6-18(7-5-17)26(43)36-39-9-2-3-10-39/h4-8,11,23,29H,2-3,9-10,12-16H2,1H3,(H4-,33,34,35,36,43,44,46,47)/p+1/b37-22-/t23-,29-/m1/s1. The topological polar surface area (TPSA) is 192 Å². The molecule has 2 aromatic heterocycles. The molecular weight excluding hydrogens is 708 g/mol. The third-order valence-corrected chi connectivity index (χ3v) is 11.4. The van der Waals surface area contributed by atoms with E-state index in [0.717, 1.165) is 55.2 Å². The van der Waals surface area contributed by atoms with Gasteiger partial charge < -0.3 is 25.9 Å². The van der Waals surface area contributed by atoms with Gasteiger partial charge in [0.15, 0.2) is 29.4 Å². The number of aliphatic carboxylic acids is 1. The molecule has 0 saturated carbocycles. The lowest BCUT2D eigenvalue weighted by Gasteiger charge is -2.49. The normalized spacial score (nSPS) is 20.4. The summed E-state index contributed by atoms with van der Waals surface area (Å²) in [5, 5.41) is 18.1. The van der Waals surface area contributed by atoms with Gasteiger partial charge >= 0.3 is 5.97 Å². The molecule has 2 atom stereocenters. The molecule has 0 radical (unpaired) electrons. The van der Waals surface area contributed by atoms with Crippen LogP contribution in [0.1, 0.15) is 34.5 Å². The SMILES string of the molecule is CO/N=C(\C(=O)N[C@@H]1C(=O)N2C(C(=O)O)=C(C[n+]3ccc4n3CCN4Cc3ccc(C(=O)NN4CCCC4)cc3)CS[C@H]12)c1nc(N)sc1Cl. The number of aromatic nitrogens is 3. The number of hydrogen-bond acceptors (Lipinski definition) is 12. The Hall–Kier alpha value is -4.65. The number of carboxylic acid groups (broad SMARTS) is 1. The van der Waals surface area contributed by atoms with Gasteiger partial charge in [-0.1, -0.05) is 40.2 Å². The average molecular weight is 742 g/mol. The fourth-order valence-electron chi connectivity index (χ4n) is 6.57. The number of halogens is 1. The van der Waals surface area contributed by atoms with Gasteiger partial charge in [-0.05, 0) is 30.5 Å². The second-order valence-electron chi connectivity index (χ2n) is 12.1. The number of hydrazine groups is 1. The number of oxime groups is 1. The summed E-state index contributed by atoms with van der Waals surface area (Å²) < 4.78 is 4.18. The predicted octanol–water partition coefficient (Wildman–Crippen LogP) is 1.02. The number of carbonyl (C=O) groups is 4. The number of thioether (sulfide) groups is 1. The number of carboxylic acids is 1. The molecule has 50 heavy (non-hydrogen) atoms. The molecular formula is C31H34ClN10O6S2+. The molecule has 0 unspecified atom stereocenters. The van der Waals surface area contributed by atoms with E-state index in [1.807, 2.05) is 46.2 Å². The maximum atomic E-state index is 13.3. The zero-order chi connectivity index (χ0) is 35.1. The number of thiazole rings is 1. The zero-order valence-corrected chi connectivity index (χ0v) is 29.3. The van der Waals surface area contributed by atoms with Gasteiger partial charge in [0.05, 0.1) is 12.6 Å². The molecule has 0 aliphatic carbocycles. The highest BCUT2D eigenvalue weighted by Gasteiger charge is 2.55. The highest BCUT2D eigenvalue weighted by Crippen LogP contribution is 2.40. The average Bonchev–Trinajstić information content (AvgIpc) is 3.90. The number of nitrogens with one attached hydrogen (secondary N) is 2. The summed E-state index contributed by atoms with van der Waals surface area (Å²) in [4.78, 5) is 64.0. The number of nitrogens with two attached hydrogens (primary N) is 1. The lowest BCUT2D eigenvalue weighted by Crippen LogP contribution is -2.71. The van der Waals surface area contributed by atoms with Crippen LogP contribution in [-0.2, 0) is 38.9 Å². The van der Waals surface area contributed by atoms with Gasteiger partial charge in [-0.2, -0.15) is 0 Å². The summed E-state index contributed by atoms with van der Waals surface area (Å²) >= 11 is 8.51. The van der Waals surface area contributed by atoms with Crippen molar-refractivity contribution in [1.82, 2.24) is 30.3 Å². The van der Waals surface area contributed by atoms with Gasteiger partial charge in [0.2, 0.25) is 0 Å². The first-order chi connectivity index (χ1) is 24.1. The first-order valence-corrected chi connectivity index (χ1v) is 18.1. The van der Waals surface area contributed by atoms with Crippen LogP contribution in [0.15, 0.2) is 53.0 Å². The van der Waals surface area contributed by atoms with E-state index in [4.69, 9.17) is 22.2 Å². The minimum absolute atomic E-state index is 0.0207. The summed E-state index contributed by atoms with van der Waals surface area (Å²) in [6.07, 6.45) is 4.08. The van der Waals surface area contributed by atoms with E-state index in [2.05, 4.69) is 30.5 Å². The highest BCUT2D eigenvalue weighted by molar-refractivity contribution is 8.00. The first-order valence-electron chi connectivity index (χ1n) is 15.9. The Labute approximate surface area is 299 Å². The Morgan fingerprint density at radius 1 is 1.16 bits per heavy atom. The minimum atomic E-state index is -1.22. The number of benzene rings is 1. The number of fused-ring (bicyclic) bond motifs is 2. The van der Waals surface area contributed by atoms with Crippen molar-refractivity contribution in [1.29, 1.82) is 0 Å². The molecule has 0 spiro atoms. The molecule has 2 saturated heterocycles. The molecule has 5 N–H and O–H groups in total. The van der Waals surface area contributed by atoms with Crippen LogP contribution < -0.4 is 26.1 Å². The molecule has 4 aliphatic heterocycles. The molecule has 16 nitrogen and oxygen atoms in total. The zero-order valence-electron chi connectivity index (χ0n) is 26.9. The number of nitrogens with zero attached hydrogens (tertiary/aromatic N) is 7. The fraction of sp³-hybridized carbons (Fsp3) is 0.387. The molecule has 2 fully saturated rings. The number of carbonyl (C=O) groups excluding carboxylic acids is 3. The largest absolute Gasteiger partial charge is 0.477 e. The van der Waals surface area contributed by atoms with Crippen LogP contribution >= 0.6 is 34.7 Å². The van der Waals surface area contributed by atoms with E-state index in [1.54, 1.807) is 0 Å². The first kappa shape index (κ1) is 33.8. The van der Waals surface area contributed by atoms with E-state index >= 15 is 0 Å². The van der Waals surface area contributed by atoms with Crippen LogP contribution in [0.25, 0.3) is 0 Å². The van der Waals surface area contributed by atoms with E-state index < -0.39 is 29.2 Å². The Balaban J connectivity index is 1.01. The van der Waals surface area contributed by atoms with Gasteiger partial charge in [0, 0.05) is 43.1 Å². The molecule has 4 aliphatic rings. The lowest BCUT2D eigenvalue weighted by atomic mass is 10.0. The van der Waals surface area contributed by atoms with E-state index in [0.29, 0.717) is 30.0 Å². The maximum Gasteiger partial charge on any atom is 0.352 e. The molecule has 262 valence electrons. The van der Waals surface area contributed by atoms with Gasteiger partial charge in [-0.3, -0.25) is 24.7 Å². The molecule has 0 bridgehead atoms. The lowest BCUT2D eigenvalue weighted by molar-refractivity contribution is -0.766. The van der Waals surface area contributed by atoms with Gasteiger partial charge in [-0.15, -0.1) is 21.1 Å². The highest BCUT2D eigenvalue weighted by atomic mass is 35.5. The van der Waals surface area contributed by atoms with Crippen molar-refractivity contribution in [2.24, 2.45) is 5.16 Å².